The fourth-order valence-corrected chi connectivity index (χ4v) is 3.16. The quantitative estimate of drug-likeness (QED) is 0.816. The lowest BCUT2D eigenvalue weighted by Crippen LogP contribution is -2.40. The SMILES string of the molecule is CC(=O)c1cccc(N(CCNC(=O)C2CCCCC2)C(C)=O)c1. The summed E-state index contributed by atoms with van der Waals surface area (Å²) in [6.45, 7) is 3.80. The Kier molecular flexibility index (Phi) is 6.53. The molecule has 0 bridgehead atoms. The third kappa shape index (κ3) is 4.91. The Hall–Kier alpha value is -2.17. The van der Waals surface area contributed by atoms with Crippen LogP contribution in [0.5, 0.6) is 0 Å². The predicted molar refractivity (Wildman–Crippen MR) is 94.1 cm³/mol. The van der Waals surface area contributed by atoms with Gasteiger partial charge in [-0.1, -0.05) is 31.4 Å². The summed E-state index contributed by atoms with van der Waals surface area (Å²) in [5, 5.41) is 2.95. The van der Waals surface area contributed by atoms with Crippen molar-refractivity contribution in [3.8, 4) is 0 Å². The van der Waals surface area contributed by atoms with Gasteiger partial charge >= 0.3 is 0 Å². The van der Waals surface area contributed by atoms with Gasteiger partial charge in [-0.3, -0.25) is 14.4 Å². The van der Waals surface area contributed by atoms with Crippen molar-refractivity contribution in [3.05, 3.63) is 29.8 Å². The maximum atomic E-state index is 12.2. The molecule has 2 amide bonds. The lowest BCUT2D eigenvalue weighted by Gasteiger charge is -2.24. The highest BCUT2D eigenvalue weighted by Gasteiger charge is 2.21. The number of amides is 2. The second kappa shape index (κ2) is 8.62. The summed E-state index contributed by atoms with van der Waals surface area (Å²) in [4.78, 5) is 37.2. The molecule has 130 valence electrons. The highest BCUT2D eigenvalue weighted by molar-refractivity contribution is 5.97. The van der Waals surface area contributed by atoms with Crippen LogP contribution in [0.2, 0.25) is 0 Å². The van der Waals surface area contributed by atoms with Crippen molar-refractivity contribution >= 4 is 23.3 Å². The molecular formula is C19H26N2O3. The van der Waals surface area contributed by atoms with Crippen molar-refractivity contribution in [1.82, 2.24) is 5.32 Å². The number of rotatable bonds is 6. The molecule has 1 aromatic rings. The molecule has 0 atom stereocenters. The van der Waals surface area contributed by atoms with Crippen LogP contribution in [-0.4, -0.2) is 30.7 Å². The Bertz CT molecular complexity index is 606. The van der Waals surface area contributed by atoms with Crippen LogP contribution >= 0.6 is 0 Å². The minimum Gasteiger partial charge on any atom is -0.354 e. The summed E-state index contributed by atoms with van der Waals surface area (Å²) >= 11 is 0. The summed E-state index contributed by atoms with van der Waals surface area (Å²) in [6.07, 6.45) is 5.38. The number of ketones is 1. The molecule has 5 heteroatoms. The van der Waals surface area contributed by atoms with E-state index in [0.717, 1.165) is 25.7 Å². The van der Waals surface area contributed by atoms with E-state index in [1.165, 1.54) is 20.3 Å². The first-order valence-corrected chi connectivity index (χ1v) is 8.66. The Morgan fingerprint density at radius 1 is 1.12 bits per heavy atom. The normalized spacial score (nSPS) is 14.9. The first-order valence-electron chi connectivity index (χ1n) is 8.66. The topological polar surface area (TPSA) is 66.5 Å². The minimum absolute atomic E-state index is 0.0362. The Morgan fingerprint density at radius 2 is 1.83 bits per heavy atom. The zero-order valence-corrected chi connectivity index (χ0v) is 14.5. The molecule has 0 spiro atoms. The summed E-state index contributed by atoms with van der Waals surface area (Å²) in [7, 11) is 0. The van der Waals surface area contributed by atoms with Gasteiger partial charge in [0, 0.05) is 37.2 Å². The van der Waals surface area contributed by atoms with Crippen LogP contribution in [0.15, 0.2) is 24.3 Å². The molecule has 0 radical (unpaired) electrons. The van der Waals surface area contributed by atoms with E-state index >= 15 is 0 Å². The van der Waals surface area contributed by atoms with Gasteiger partial charge in [-0.25, -0.2) is 0 Å². The number of nitrogens with zero attached hydrogens (tertiary/aromatic N) is 1. The first-order chi connectivity index (χ1) is 11.5. The fourth-order valence-electron chi connectivity index (χ4n) is 3.16. The average molecular weight is 330 g/mol. The van der Waals surface area contributed by atoms with Gasteiger partial charge in [-0.2, -0.15) is 0 Å². The molecule has 1 aliphatic carbocycles. The number of carbonyl (C=O) groups excluding carboxylic acids is 3. The van der Waals surface area contributed by atoms with E-state index in [1.54, 1.807) is 29.2 Å². The van der Waals surface area contributed by atoms with Crippen molar-refractivity contribution in [2.45, 2.75) is 46.0 Å². The van der Waals surface area contributed by atoms with Crippen LogP contribution < -0.4 is 10.2 Å². The van der Waals surface area contributed by atoms with Crippen molar-refractivity contribution < 1.29 is 14.4 Å². The van der Waals surface area contributed by atoms with Gasteiger partial charge in [0.05, 0.1) is 0 Å². The lowest BCUT2D eigenvalue weighted by atomic mass is 9.89. The zero-order valence-electron chi connectivity index (χ0n) is 14.5. The number of hydrogen-bond acceptors (Lipinski definition) is 3. The maximum Gasteiger partial charge on any atom is 0.223 e. The van der Waals surface area contributed by atoms with Gasteiger partial charge in [0.1, 0.15) is 0 Å². The largest absolute Gasteiger partial charge is 0.354 e. The van der Waals surface area contributed by atoms with Gasteiger partial charge in [0.2, 0.25) is 11.8 Å². The minimum atomic E-state index is -0.109. The van der Waals surface area contributed by atoms with Crippen LogP contribution in [0.1, 0.15) is 56.3 Å². The molecule has 1 saturated carbocycles. The Morgan fingerprint density at radius 3 is 2.46 bits per heavy atom. The molecular weight excluding hydrogens is 304 g/mol. The van der Waals surface area contributed by atoms with E-state index in [-0.39, 0.29) is 23.5 Å². The monoisotopic (exact) mass is 330 g/mol. The molecule has 1 aromatic carbocycles. The van der Waals surface area contributed by atoms with Gasteiger partial charge in [0.25, 0.3) is 0 Å². The summed E-state index contributed by atoms with van der Waals surface area (Å²) in [5.74, 6) is 0.0647. The van der Waals surface area contributed by atoms with Gasteiger partial charge in [-0.05, 0) is 31.9 Å². The average Bonchev–Trinajstić information content (AvgIpc) is 2.59. The number of Topliss-reactive ketones (excluding diaryl/α,β-unsaturated/α-hetero) is 1. The van der Waals surface area contributed by atoms with E-state index in [1.807, 2.05) is 0 Å². The molecule has 0 aliphatic heterocycles. The molecule has 0 saturated heterocycles. The van der Waals surface area contributed by atoms with Crippen LogP contribution in [0.3, 0.4) is 0 Å². The van der Waals surface area contributed by atoms with Gasteiger partial charge in [0.15, 0.2) is 5.78 Å². The van der Waals surface area contributed by atoms with Crippen LogP contribution in [-0.2, 0) is 9.59 Å². The number of anilines is 1. The number of hydrogen-bond donors (Lipinski definition) is 1. The Labute approximate surface area is 143 Å². The molecule has 0 unspecified atom stereocenters. The van der Waals surface area contributed by atoms with Crippen molar-refractivity contribution in [3.63, 3.8) is 0 Å². The zero-order chi connectivity index (χ0) is 17.5. The molecule has 0 heterocycles. The lowest BCUT2D eigenvalue weighted by molar-refractivity contribution is -0.126. The van der Waals surface area contributed by atoms with E-state index < -0.39 is 0 Å². The molecule has 1 fully saturated rings. The number of carbonyl (C=O) groups is 3. The second-order valence-corrected chi connectivity index (χ2v) is 6.40. The van der Waals surface area contributed by atoms with Crippen LogP contribution in [0, 0.1) is 5.92 Å². The molecule has 2 rings (SSSR count). The number of nitrogens with one attached hydrogen (secondary N) is 1. The van der Waals surface area contributed by atoms with Crippen molar-refractivity contribution in [2.75, 3.05) is 18.0 Å². The van der Waals surface area contributed by atoms with Gasteiger partial charge < -0.3 is 10.2 Å². The molecule has 0 aromatic heterocycles. The Balaban J connectivity index is 1.94. The van der Waals surface area contributed by atoms with Crippen LogP contribution in [0.4, 0.5) is 5.69 Å². The molecule has 24 heavy (non-hydrogen) atoms. The second-order valence-electron chi connectivity index (χ2n) is 6.40. The maximum absolute atomic E-state index is 12.2. The summed E-state index contributed by atoms with van der Waals surface area (Å²) in [5.41, 5.74) is 1.26. The third-order valence-electron chi connectivity index (χ3n) is 4.56. The fraction of sp³-hybridized carbons (Fsp3) is 0.526. The summed E-state index contributed by atoms with van der Waals surface area (Å²) < 4.78 is 0. The smallest absolute Gasteiger partial charge is 0.223 e. The van der Waals surface area contributed by atoms with E-state index in [0.29, 0.717) is 24.3 Å². The highest BCUT2D eigenvalue weighted by Crippen LogP contribution is 2.23. The van der Waals surface area contributed by atoms with Crippen molar-refractivity contribution in [2.24, 2.45) is 5.92 Å². The highest BCUT2D eigenvalue weighted by atomic mass is 16.2. The van der Waals surface area contributed by atoms with E-state index in [9.17, 15) is 14.4 Å². The van der Waals surface area contributed by atoms with Crippen molar-refractivity contribution in [1.29, 1.82) is 0 Å². The first kappa shape index (κ1) is 18.2. The van der Waals surface area contributed by atoms with Crippen LogP contribution in [0.25, 0.3) is 0 Å². The standard InChI is InChI=1S/C19H26N2O3/c1-14(22)17-9-6-10-18(13-17)21(15(2)23)12-11-20-19(24)16-7-4-3-5-8-16/h6,9-10,13,16H,3-5,7-8,11-12H2,1-2H3,(H,20,24). The van der Waals surface area contributed by atoms with Gasteiger partial charge in [-0.15, -0.1) is 0 Å². The molecule has 5 nitrogen and oxygen atoms in total. The third-order valence-corrected chi connectivity index (χ3v) is 4.56. The predicted octanol–water partition coefficient (Wildman–Crippen LogP) is 2.94. The molecule has 1 N–H and O–H groups in total. The van der Waals surface area contributed by atoms with E-state index in [2.05, 4.69) is 5.32 Å². The number of benzene rings is 1. The van der Waals surface area contributed by atoms with E-state index in [4.69, 9.17) is 0 Å². The molecule has 1 aliphatic rings. The summed E-state index contributed by atoms with van der Waals surface area (Å²) in [6, 6.07) is 7.01.